The molecule has 1 aromatic carbocycles. The third kappa shape index (κ3) is 3.94. The number of aromatic amines is 1. The van der Waals surface area contributed by atoms with Gasteiger partial charge in [0.25, 0.3) is 0 Å². The zero-order chi connectivity index (χ0) is 21.1. The van der Waals surface area contributed by atoms with Crippen molar-refractivity contribution in [2.45, 2.75) is 26.7 Å². The number of carbonyl (C=O) groups excluding carboxylic acids is 1. The fourth-order valence-corrected chi connectivity index (χ4v) is 3.61. The van der Waals surface area contributed by atoms with Crippen molar-refractivity contribution >= 4 is 22.8 Å². The fourth-order valence-electron chi connectivity index (χ4n) is 3.61. The molecule has 4 rings (SSSR count). The normalized spacial score (nSPS) is 12.1. The van der Waals surface area contributed by atoms with Crippen LogP contribution < -0.4 is 5.32 Å². The van der Waals surface area contributed by atoms with Gasteiger partial charge in [0.2, 0.25) is 5.91 Å². The van der Waals surface area contributed by atoms with Gasteiger partial charge in [-0.15, -0.1) is 0 Å². The molecule has 0 saturated carbocycles. The maximum atomic E-state index is 13.5. The monoisotopic (exact) mass is 402 g/mol. The number of H-pyrrole nitrogens is 1. The highest BCUT2D eigenvalue weighted by molar-refractivity contribution is 6.03. The van der Waals surface area contributed by atoms with E-state index in [-0.39, 0.29) is 17.6 Å². The first-order valence-electron chi connectivity index (χ1n) is 10.1. The van der Waals surface area contributed by atoms with Gasteiger partial charge in [-0.2, -0.15) is 0 Å². The topological polar surface area (TPSA) is 70.7 Å². The summed E-state index contributed by atoms with van der Waals surface area (Å²) in [5, 5.41) is 3.82. The first-order valence-corrected chi connectivity index (χ1v) is 10.1. The molecule has 0 aliphatic rings. The van der Waals surface area contributed by atoms with Crippen molar-refractivity contribution in [3.8, 4) is 22.4 Å². The Morgan fingerprint density at radius 3 is 2.50 bits per heavy atom. The summed E-state index contributed by atoms with van der Waals surface area (Å²) < 4.78 is 13.5. The first kappa shape index (κ1) is 19.8. The van der Waals surface area contributed by atoms with E-state index in [0.717, 1.165) is 40.6 Å². The van der Waals surface area contributed by atoms with Crippen LogP contribution in [0.25, 0.3) is 33.4 Å². The zero-order valence-electron chi connectivity index (χ0n) is 16.9. The van der Waals surface area contributed by atoms with E-state index in [9.17, 15) is 9.18 Å². The van der Waals surface area contributed by atoms with Crippen LogP contribution in [0.1, 0.15) is 26.7 Å². The second-order valence-electron chi connectivity index (χ2n) is 7.39. The highest BCUT2D eigenvalue weighted by atomic mass is 19.1. The van der Waals surface area contributed by atoms with E-state index in [4.69, 9.17) is 0 Å². The molecule has 30 heavy (non-hydrogen) atoms. The molecule has 0 aliphatic heterocycles. The Kier molecular flexibility index (Phi) is 5.57. The smallest absolute Gasteiger partial charge is 0.228 e. The second kappa shape index (κ2) is 8.45. The van der Waals surface area contributed by atoms with Gasteiger partial charge in [0, 0.05) is 29.3 Å². The number of amides is 1. The van der Waals surface area contributed by atoms with E-state index in [1.165, 1.54) is 12.1 Å². The Bertz CT molecular complexity index is 1170. The largest absolute Gasteiger partial charge is 0.339 e. The van der Waals surface area contributed by atoms with Crippen LogP contribution in [0.4, 0.5) is 10.2 Å². The fraction of sp³-hybridized carbons (Fsp3) is 0.208. The van der Waals surface area contributed by atoms with Gasteiger partial charge in [-0.3, -0.25) is 9.78 Å². The van der Waals surface area contributed by atoms with Crippen molar-refractivity contribution in [1.29, 1.82) is 0 Å². The molecular formula is C24H23FN4O. The lowest BCUT2D eigenvalue weighted by Crippen LogP contribution is -2.20. The van der Waals surface area contributed by atoms with Crippen LogP contribution in [0.5, 0.6) is 0 Å². The number of anilines is 1. The van der Waals surface area contributed by atoms with Gasteiger partial charge in [0.15, 0.2) is 0 Å². The van der Waals surface area contributed by atoms with E-state index in [0.29, 0.717) is 11.5 Å². The summed E-state index contributed by atoms with van der Waals surface area (Å²) in [7, 11) is 0. The molecular weight excluding hydrogens is 379 g/mol. The molecule has 0 radical (unpaired) electrons. The number of fused-ring (bicyclic) bond motifs is 1. The van der Waals surface area contributed by atoms with Gasteiger partial charge < -0.3 is 10.3 Å². The van der Waals surface area contributed by atoms with E-state index >= 15 is 0 Å². The summed E-state index contributed by atoms with van der Waals surface area (Å²) in [5.41, 5.74) is 4.28. The van der Waals surface area contributed by atoms with Crippen molar-refractivity contribution in [3.63, 3.8) is 0 Å². The Morgan fingerprint density at radius 2 is 1.80 bits per heavy atom. The Morgan fingerprint density at radius 1 is 1.07 bits per heavy atom. The molecule has 3 heterocycles. The van der Waals surface area contributed by atoms with E-state index in [2.05, 4.69) is 27.2 Å². The van der Waals surface area contributed by atoms with Crippen LogP contribution in [-0.4, -0.2) is 20.9 Å². The standard InChI is InChI=1S/C24H23FN4O/c1-3-4-15(2)24(30)28-20-10-9-19-21(16-11-13-26-14-12-16)22(29-23(19)27-20)17-5-7-18(25)8-6-17/h5-15H,3-4H2,1-2H3,(H2,27,28,29,30)/t15-/m0/s1. The zero-order valence-corrected chi connectivity index (χ0v) is 16.9. The number of hydrogen-bond acceptors (Lipinski definition) is 3. The number of rotatable bonds is 6. The van der Waals surface area contributed by atoms with Crippen molar-refractivity contribution in [3.05, 3.63) is 66.7 Å². The first-order chi connectivity index (χ1) is 14.6. The van der Waals surface area contributed by atoms with Crippen molar-refractivity contribution in [2.24, 2.45) is 5.92 Å². The number of halogens is 1. The van der Waals surface area contributed by atoms with E-state index < -0.39 is 0 Å². The predicted octanol–water partition coefficient (Wildman–Crippen LogP) is 5.81. The third-order valence-corrected chi connectivity index (χ3v) is 5.18. The molecule has 4 aromatic rings. The molecule has 0 aliphatic carbocycles. The highest BCUT2D eigenvalue weighted by Gasteiger charge is 2.18. The number of aromatic nitrogens is 3. The maximum Gasteiger partial charge on any atom is 0.228 e. The number of hydrogen-bond donors (Lipinski definition) is 2. The molecule has 3 aromatic heterocycles. The Balaban J connectivity index is 1.80. The molecule has 152 valence electrons. The minimum Gasteiger partial charge on any atom is -0.339 e. The Hall–Kier alpha value is -3.54. The summed E-state index contributed by atoms with van der Waals surface area (Å²) in [6, 6.07) is 14.0. The number of benzene rings is 1. The highest BCUT2D eigenvalue weighted by Crippen LogP contribution is 2.38. The summed E-state index contributed by atoms with van der Waals surface area (Å²) in [6.45, 7) is 3.98. The maximum absolute atomic E-state index is 13.5. The summed E-state index contributed by atoms with van der Waals surface area (Å²) in [5.74, 6) is 0.106. The van der Waals surface area contributed by atoms with Crippen LogP contribution in [0.15, 0.2) is 60.9 Å². The minimum atomic E-state index is -0.287. The average molecular weight is 402 g/mol. The molecule has 5 nitrogen and oxygen atoms in total. The lowest BCUT2D eigenvalue weighted by Gasteiger charge is -2.10. The van der Waals surface area contributed by atoms with Gasteiger partial charge in [0.05, 0.1) is 5.69 Å². The number of nitrogens with one attached hydrogen (secondary N) is 2. The van der Waals surface area contributed by atoms with E-state index in [1.807, 2.05) is 31.2 Å². The van der Waals surface area contributed by atoms with Crippen molar-refractivity contribution in [1.82, 2.24) is 15.0 Å². The SMILES string of the molecule is CCC[C@H](C)C(=O)Nc1ccc2c(-c3ccncc3)c(-c3ccc(F)cc3)[nH]c2n1. The number of pyridine rings is 2. The van der Waals surface area contributed by atoms with Gasteiger partial charge in [-0.25, -0.2) is 9.37 Å². The molecule has 0 bridgehead atoms. The quantitative estimate of drug-likeness (QED) is 0.428. The third-order valence-electron chi connectivity index (χ3n) is 5.18. The van der Waals surface area contributed by atoms with Gasteiger partial charge in [0.1, 0.15) is 17.3 Å². The summed E-state index contributed by atoms with van der Waals surface area (Å²) in [4.78, 5) is 24.5. The van der Waals surface area contributed by atoms with Gasteiger partial charge >= 0.3 is 0 Å². The van der Waals surface area contributed by atoms with Crippen LogP contribution in [0.2, 0.25) is 0 Å². The molecule has 1 amide bonds. The second-order valence-corrected chi connectivity index (χ2v) is 7.39. The lowest BCUT2D eigenvalue weighted by molar-refractivity contribution is -0.119. The van der Waals surface area contributed by atoms with Crippen molar-refractivity contribution in [2.75, 3.05) is 5.32 Å². The molecule has 6 heteroatoms. The summed E-state index contributed by atoms with van der Waals surface area (Å²) >= 11 is 0. The number of carbonyl (C=O) groups is 1. The molecule has 0 fully saturated rings. The van der Waals surface area contributed by atoms with Crippen LogP contribution in [0, 0.1) is 11.7 Å². The Labute approximate surface area is 174 Å². The average Bonchev–Trinajstić information content (AvgIpc) is 3.13. The summed E-state index contributed by atoms with van der Waals surface area (Å²) in [6.07, 6.45) is 5.25. The molecule has 0 spiro atoms. The van der Waals surface area contributed by atoms with Crippen LogP contribution >= 0.6 is 0 Å². The molecule has 1 atom stereocenters. The number of nitrogens with zero attached hydrogens (tertiary/aromatic N) is 2. The van der Waals surface area contributed by atoms with Crippen molar-refractivity contribution < 1.29 is 9.18 Å². The van der Waals surface area contributed by atoms with Gasteiger partial charge in [-0.1, -0.05) is 20.3 Å². The van der Waals surface area contributed by atoms with Gasteiger partial charge in [-0.05, 0) is 66.1 Å². The molecule has 0 unspecified atom stereocenters. The molecule has 0 saturated heterocycles. The van der Waals surface area contributed by atoms with Crippen LogP contribution in [-0.2, 0) is 4.79 Å². The van der Waals surface area contributed by atoms with E-state index in [1.54, 1.807) is 24.5 Å². The minimum absolute atomic E-state index is 0.0385. The molecule has 2 N–H and O–H groups in total. The predicted molar refractivity (Wildman–Crippen MR) is 117 cm³/mol. The van der Waals surface area contributed by atoms with Crippen LogP contribution in [0.3, 0.4) is 0 Å². The lowest BCUT2D eigenvalue weighted by atomic mass is 10.00.